The molecule has 0 spiro atoms. The molecule has 0 fully saturated rings. The molecule has 0 aliphatic rings. The number of phenolic OH excluding ortho intramolecular Hbond substituents is 3. The average molecular weight is 300 g/mol. The van der Waals surface area contributed by atoms with E-state index < -0.39 is 5.75 Å². The van der Waals surface area contributed by atoms with Gasteiger partial charge in [-0.3, -0.25) is 9.59 Å². The first-order valence-electron chi connectivity index (χ1n) is 6.20. The molecule has 0 heterocycles. The number of carbonyl (C=O) groups excluding carboxylic acids is 2. The highest BCUT2D eigenvalue weighted by atomic mass is 16.3. The predicted octanol–water partition coefficient (Wildman–Crippen LogP) is 3.23. The standard InChI is InChI=1S/C15H12N2O5/c1-8(19)11-6-10(3-5-12(11)20)16-17-14-13(21)4-2-9(7-18)15(14)22/h2-7,20-22H,1H3. The Kier molecular flexibility index (Phi) is 4.17. The van der Waals surface area contributed by atoms with E-state index in [0.717, 1.165) is 0 Å². The van der Waals surface area contributed by atoms with Crippen molar-refractivity contribution in [1.29, 1.82) is 0 Å². The van der Waals surface area contributed by atoms with Gasteiger partial charge in [0.2, 0.25) is 0 Å². The Hall–Kier alpha value is -3.22. The van der Waals surface area contributed by atoms with Crippen LogP contribution in [0.15, 0.2) is 40.6 Å². The molecule has 0 aliphatic carbocycles. The summed E-state index contributed by atoms with van der Waals surface area (Å²) < 4.78 is 0. The van der Waals surface area contributed by atoms with Crippen molar-refractivity contribution in [3.05, 3.63) is 41.5 Å². The minimum atomic E-state index is -0.496. The molecule has 7 heteroatoms. The Morgan fingerprint density at radius 3 is 2.36 bits per heavy atom. The summed E-state index contributed by atoms with van der Waals surface area (Å²) >= 11 is 0. The minimum Gasteiger partial charge on any atom is -0.507 e. The lowest BCUT2D eigenvalue weighted by molar-refractivity contribution is 0.101. The van der Waals surface area contributed by atoms with Crippen LogP contribution in [-0.4, -0.2) is 27.4 Å². The third-order valence-electron chi connectivity index (χ3n) is 2.91. The number of ketones is 1. The highest BCUT2D eigenvalue weighted by Gasteiger charge is 2.12. The number of phenols is 3. The summed E-state index contributed by atoms with van der Waals surface area (Å²) in [6.07, 6.45) is 0.419. The number of rotatable bonds is 4. The Morgan fingerprint density at radius 1 is 1.05 bits per heavy atom. The van der Waals surface area contributed by atoms with Crippen molar-refractivity contribution in [2.45, 2.75) is 6.92 Å². The Morgan fingerprint density at radius 2 is 1.73 bits per heavy atom. The van der Waals surface area contributed by atoms with Gasteiger partial charge in [-0.1, -0.05) is 0 Å². The van der Waals surface area contributed by atoms with E-state index in [1.54, 1.807) is 0 Å². The van der Waals surface area contributed by atoms with Crippen LogP contribution in [0.5, 0.6) is 17.2 Å². The van der Waals surface area contributed by atoms with Gasteiger partial charge in [-0.2, -0.15) is 5.11 Å². The molecule has 2 aromatic carbocycles. The zero-order valence-corrected chi connectivity index (χ0v) is 11.5. The second-order valence-corrected chi connectivity index (χ2v) is 4.45. The highest BCUT2D eigenvalue weighted by Crippen LogP contribution is 2.39. The number of aldehydes is 1. The molecule has 0 amide bonds. The van der Waals surface area contributed by atoms with E-state index in [-0.39, 0.29) is 39.8 Å². The molecule has 0 bridgehead atoms. The van der Waals surface area contributed by atoms with Crippen molar-refractivity contribution in [3.8, 4) is 17.2 Å². The van der Waals surface area contributed by atoms with Gasteiger partial charge >= 0.3 is 0 Å². The summed E-state index contributed by atoms with van der Waals surface area (Å²) in [5, 5.41) is 36.5. The van der Waals surface area contributed by atoms with Crippen molar-refractivity contribution in [2.75, 3.05) is 0 Å². The van der Waals surface area contributed by atoms with Crippen molar-refractivity contribution < 1.29 is 24.9 Å². The Bertz CT molecular complexity index is 784. The number of aromatic hydroxyl groups is 3. The average Bonchev–Trinajstić information content (AvgIpc) is 2.48. The van der Waals surface area contributed by atoms with Crippen LogP contribution in [0.4, 0.5) is 11.4 Å². The molecule has 3 N–H and O–H groups in total. The lowest BCUT2D eigenvalue weighted by atomic mass is 10.1. The molecule has 0 saturated carbocycles. The molecule has 0 aromatic heterocycles. The SMILES string of the molecule is CC(=O)c1cc(N=Nc2c(O)ccc(C=O)c2O)ccc1O. The highest BCUT2D eigenvalue weighted by molar-refractivity contribution is 5.97. The first kappa shape index (κ1) is 15.2. The number of hydrogen-bond donors (Lipinski definition) is 3. The largest absolute Gasteiger partial charge is 0.507 e. The van der Waals surface area contributed by atoms with E-state index in [2.05, 4.69) is 10.2 Å². The summed E-state index contributed by atoms with van der Waals surface area (Å²) in [7, 11) is 0. The maximum absolute atomic E-state index is 11.3. The molecule has 0 unspecified atom stereocenters. The van der Waals surface area contributed by atoms with Gasteiger partial charge < -0.3 is 15.3 Å². The zero-order valence-electron chi connectivity index (χ0n) is 11.5. The van der Waals surface area contributed by atoms with Crippen molar-refractivity contribution in [1.82, 2.24) is 0 Å². The summed E-state index contributed by atoms with van der Waals surface area (Å²) in [5.74, 6) is -1.37. The number of hydrogen-bond acceptors (Lipinski definition) is 7. The molecule has 7 nitrogen and oxygen atoms in total. The lowest BCUT2D eigenvalue weighted by Gasteiger charge is -2.04. The lowest BCUT2D eigenvalue weighted by Crippen LogP contribution is -1.91. The van der Waals surface area contributed by atoms with Crippen molar-refractivity contribution in [2.24, 2.45) is 10.2 Å². The van der Waals surface area contributed by atoms with Gasteiger partial charge in [-0.05, 0) is 37.3 Å². The third kappa shape index (κ3) is 2.93. The van der Waals surface area contributed by atoms with Gasteiger partial charge in [0.05, 0.1) is 16.8 Å². The molecule has 0 aliphatic heterocycles. The van der Waals surface area contributed by atoms with Crippen LogP contribution in [0.25, 0.3) is 0 Å². The number of benzene rings is 2. The van der Waals surface area contributed by atoms with E-state index in [0.29, 0.717) is 6.29 Å². The van der Waals surface area contributed by atoms with Gasteiger partial charge in [0.25, 0.3) is 0 Å². The number of carbonyl (C=O) groups is 2. The molecular formula is C15H12N2O5. The van der Waals surface area contributed by atoms with Crippen LogP contribution in [0.2, 0.25) is 0 Å². The molecule has 0 saturated heterocycles. The van der Waals surface area contributed by atoms with Crippen molar-refractivity contribution >= 4 is 23.4 Å². The fraction of sp³-hybridized carbons (Fsp3) is 0.0667. The first-order valence-corrected chi connectivity index (χ1v) is 6.20. The van der Waals surface area contributed by atoms with E-state index in [9.17, 15) is 24.9 Å². The summed E-state index contributed by atoms with van der Waals surface area (Å²) in [5.41, 5.74) is 0.00812. The molecule has 112 valence electrons. The second kappa shape index (κ2) is 6.04. The maximum atomic E-state index is 11.3. The molecule has 0 radical (unpaired) electrons. The minimum absolute atomic E-state index is 0.0399. The zero-order chi connectivity index (χ0) is 16.3. The quantitative estimate of drug-likeness (QED) is 0.455. The molecule has 2 aromatic rings. The van der Waals surface area contributed by atoms with E-state index >= 15 is 0 Å². The van der Waals surface area contributed by atoms with Crippen LogP contribution < -0.4 is 0 Å². The van der Waals surface area contributed by atoms with Gasteiger partial charge in [0.1, 0.15) is 11.5 Å². The first-order chi connectivity index (χ1) is 10.4. The fourth-order valence-electron chi connectivity index (χ4n) is 1.75. The van der Waals surface area contributed by atoms with Crippen LogP contribution in [0.3, 0.4) is 0 Å². The smallest absolute Gasteiger partial charge is 0.170 e. The topological polar surface area (TPSA) is 120 Å². The fourth-order valence-corrected chi connectivity index (χ4v) is 1.75. The molecule has 2 rings (SSSR count). The van der Waals surface area contributed by atoms with Gasteiger partial charge in [0, 0.05) is 0 Å². The van der Waals surface area contributed by atoms with Crippen LogP contribution in [0, 0.1) is 0 Å². The van der Waals surface area contributed by atoms with E-state index in [4.69, 9.17) is 0 Å². The maximum Gasteiger partial charge on any atom is 0.170 e. The van der Waals surface area contributed by atoms with E-state index in [1.165, 1.54) is 37.3 Å². The van der Waals surface area contributed by atoms with Crippen molar-refractivity contribution in [3.63, 3.8) is 0 Å². The predicted molar refractivity (Wildman–Crippen MR) is 77.4 cm³/mol. The van der Waals surface area contributed by atoms with E-state index in [1.807, 2.05) is 0 Å². The number of Topliss-reactive ketones (excluding diaryl/α,β-unsaturated/α-hetero) is 1. The van der Waals surface area contributed by atoms with Crippen LogP contribution >= 0.6 is 0 Å². The molecule has 22 heavy (non-hydrogen) atoms. The third-order valence-corrected chi connectivity index (χ3v) is 2.91. The summed E-state index contributed by atoms with van der Waals surface area (Å²) in [6, 6.07) is 6.45. The summed E-state index contributed by atoms with van der Waals surface area (Å²) in [6.45, 7) is 1.29. The summed E-state index contributed by atoms with van der Waals surface area (Å²) in [4.78, 5) is 22.1. The number of nitrogens with zero attached hydrogens (tertiary/aromatic N) is 2. The van der Waals surface area contributed by atoms with Gasteiger partial charge in [-0.15, -0.1) is 5.11 Å². The normalized spacial score (nSPS) is 10.8. The Labute approximate surface area is 125 Å². The second-order valence-electron chi connectivity index (χ2n) is 4.45. The number of azo groups is 1. The van der Waals surface area contributed by atoms with Gasteiger partial charge in [-0.25, -0.2) is 0 Å². The monoisotopic (exact) mass is 300 g/mol. The van der Waals surface area contributed by atoms with Crippen LogP contribution in [0.1, 0.15) is 27.6 Å². The van der Waals surface area contributed by atoms with Gasteiger partial charge in [0.15, 0.2) is 23.5 Å². The molecular weight excluding hydrogens is 288 g/mol. The molecule has 0 atom stereocenters. The van der Waals surface area contributed by atoms with Crippen LogP contribution in [-0.2, 0) is 0 Å². The Balaban J connectivity index is 2.43.